The van der Waals surface area contributed by atoms with E-state index in [1.54, 1.807) is 55.7 Å². The molecule has 0 N–H and O–H groups in total. The molecule has 2 heterocycles. The fraction of sp³-hybridized carbons (Fsp3) is 0.150. The van der Waals surface area contributed by atoms with E-state index in [0.29, 0.717) is 22.4 Å². The van der Waals surface area contributed by atoms with E-state index in [4.69, 9.17) is 9.26 Å². The smallest absolute Gasteiger partial charge is 0.467 e. The SMILES string of the molecule is Cc1cc(-c2ccc3onc(OCc4ncccn4)c3c2)ccc1OC(F)(F)F. The quantitative estimate of drug-likeness (QED) is 0.465. The molecule has 0 saturated carbocycles. The number of rotatable bonds is 5. The number of alkyl halides is 3. The molecular formula is C20H14F3N3O3. The highest BCUT2D eigenvalue weighted by Crippen LogP contribution is 2.33. The van der Waals surface area contributed by atoms with Crippen LogP contribution in [0.2, 0.25) is 0 Å². The Morgan fingerprint density at radius 2 is 1.72 bits per heavy atom. The van der Waals surface area contributed by atoms with Crippen molar-refractivity contribution < 1.29 is 27.2 Å². The van der Waals surface area contributed by atoms with E-state index >= 15 is 0 Å². The topological polar surface area (TPSA) is 70.3 Å². The lowest BCUT2D eigenvalue weighted by Crippen LogP contribution is -2.17. The molecule has 9 heteroatoms. The van der Waals surface area contributed by atoms with Crippen molar-refractivity contribution in [3.63, 3.8) is 0 Å². The highest BCUT2D eigenvalue weighted by Gasteiger charge is 2.31. The molecule has 6 nitrogen and oxygen atoms in total. The minimum atomic E-state index is -4.73. The maximum absolute atomic E-state index is 12.5. The molecule has 4 rings (SSSR count). The van der Waals surface area contributed by atoms with Gasteiger partial charge in [0.2, 0.25) is 0 Å². The Labute approximate surface area is 162 Å². The van der Waals surface area contributed by atoms with Crippen molar-refractivity contribution in [2.45, 2.75) is 19.9 Å². The second kappa shape index (κ2) is 7.42. The van der Waals surface area contributed by atoms with Crippen LogP contribution in [0.5, 0.6) is 11.6 Å². The molecule has 0 radical (unpaired) electrons. The number of hydrogen-bond donors (Lipinski definition) is 0. The molecule has 4 aromatic rings. The third-order valence-corrected chi connectivity index (χ3v) is 4.13. The number of aryl methyl sites for hydroxylation is 1. The van der Waals surface area contributed by atoms with Crippen molar-refractivity contribution in [2.75, 3.05) is 0 Å². The van der Waals surface area contributed by atoms with Crippen LogP contribution in [0.3, 0.4) is 0 Å². The van der Waals surface area contributed by atoms with Gasteiger partial charge < -0.3 is 14.0 Å². The Hall–Kier alpha value is -3.62. The number of hydrogen-bond acceptors (Lipinski definition) is 6. The van der Waals surface area contributed by atoms with Gasteiger partial charge in [0.25, 0.3) is 5.88 Å². The Balaban J connectivity index is 1.61. The molecule has 148 valence electrons. The summed E-state index contributed by atoms with van der Waals surface area (Å²) in [4.78, 5) is 8.16. The van der Waals surface area contributed by atoms with E-state index in [1.807, 2.05) is 0 Å². The number of aromatic nitrogens is 3. The normalized spacial score (nSPS) is 11.6. The molecule has 0 spiro atoms. The molecule has 2 aromatic carbocycles. The lowest BCUT2D eigenvalue weighted by Gasteiger charge is -2.12. The van der Waals surface area contributed by atoms with Crippen molar-refractivity contribution in [3.8, 4) is 22.8 Å². The summed E-state index contributed by atoms with van der Waals surface area (Å²) in [6.45, 7) is 1.67. The summed E-state index contributed by atoms with van der Waals surface area (Å²) in [6.07, 6.45) is -1.51. The average Bonchev–Trinajstić information content (AvgIpc) is 3.10. The van der Waals surface area contributed by atoms with Gasteiger partial charge in [-0.25, -0.2) is 9.97 Å². The Kier molecular flexibility index (Phi) is 4.79. The van der Waals surface area contributed by atoms with Crippen molar-refractivity contribution in [1.29, 1.82) is 0 Å². The zero-order chi connectivity index (χ0) is 20.4. The van der Waals surface area contributed by atoms with Gasteiger partial charge in [0.05, 0.1) is 5.39 Å². The summed E-state index contributed by atoms with van der Waals surface area (Å²) in [5.74, 6) is 0.540. The minimum absolute atomic E-state index is 0.120. The fourth-order valence-electron chi connectivity index (χ4n) is 2.81. The highest BCUT2D eigenvalue weighted by molar-refractivity contribution is 5.87. The van der Waals surface area contributed by atoms with E-state index in [1.165, 1.54) is 6.07 Å². The van der Waals surface area contributed by atoms with Gasteiger partial charge in [-0.2, -0.15) is 0 Å². The molecule has 0 saturated heterocycles. The van der Waals surface area contributed by atoms with Crippen molar-refractivity contribution in [1.82, 2.24) is 15.1 Å². The van der Waals surface area contributed by atoms with E-state index in [2.05, 4.69) is 19.9 Å². The van der Waals surface area contributed by atoms with Crippen LogP contribution in [0.4, 0.5) is 13.2 Å². The molecule has 2 aromatic heterocycles. The van der Waals surface area contributed by atoms with Crippen LogP contribution in [-0.4, -0.2) is 21.5 Å². The van der Waals surface area contributed by atoms with Crippen LogP contribution in [-0.2, 0) is 6.61 Å². The van der Waals surface area contributed by atoms with Gasteiger partial charge in [-0.15, -0.1) is 13.2 Å². The molecule has 0 aliphatic carbocycles. The molecule has 29 heavy (non-hydrogen) atoms. The third-order valence-electron chi connectivity index (χ3n) is 4.13. The molecule has 0 fully saturated rings. The Morgan fingerprint density at radius 1 is 1.00 bits per heavy atom. The van der Waals surface area contributed by atoms with Gasteiger partial charge in [-0.1, -0.05) is 12.1 Å². The van der Waals surface area contributed by atoms with Crippen molar-refractivity contribution >= 4 is 11.0 Å². The Morgan fingerprint density at radius 3 is 2.45 bits per heavy atom. The molecule has 0 amide bonds. The number of benzene rings is 2. The van der Waals surface area contributed by atoms with Gasteiger partial charge in [0.15, 0.2) is 11.4 Å². The second-order valence-electron chi connectivity index (χ2n) is 6.18. The summed E-state index contributed by atoms with van der Waals surface area (Å²) in [5.41, 5.74) is 2.37. The van der Waals surface area contributed by atoms with Crippen molar-refractivity contribution in [3.05, 3.63) is 66.2 Å². The molecule has 0 bridgehead atoms. The van der Waals surface area contributed by atoms with Gasteiger partial charge in [-0.05, 0) is 59.1 Å². The van der Waals surface area contributed by atoms with Gasteiger partial charge in [0.1, 0.15) is 12.4 Å². The predicted octanol–water partition coefficient (Wildman–Crippen LogP) is 5.07. The zero-order valence-corrected chi connectivity index (χ0v) is 15.1. The van der Waals surface area contributed by atoms with Crippen LogP contribution in [0.15, 0.2) is 59.4 Å². The van der Waals surface area contributed by atoms with Crippen LogP contribution < -0.4 is 9.47 Å². The monoisotopic (exact) mass is 401 g/mol. The molecule has 0 aliphatic heterocycles. The largest absolute Gasteiger partial charge is 0.573 e. The van der Waals surface area contributed by atoms with E-state index in [0.717, 1.165) is 11.1 Å². The molecular weight excluding hydrogens is 387 g/mol. The predicted molar refractivity (Wildman–Crippen MR) is 97.2 cm³/mol. The number of ether oxygens (including phenoxy) is 2. The fourth-order valence-corrected chi connectivity index (χ4v) is 2.81. The standard InChI is InChI=1S/C20H14F3N3O3/c1-12-9-13(3-5-16(12)28-20(21,22)23)14-4-6-17-15(10-14)19(26-29-17)27-11-18-24-7-2-8-25-18/h2-10H,11H2,1H3. The number of fused-ring (bicyclic) bond motifs is 1. The highest BCUT2D eigenvalue weighted by atomic mass is 19.4. The lowest BCUT2D eigenvalue weighted by atomic mass is 10.0. The van der Waals surface area contributed by atoms with Gasteiger partial charge in [-0.3, -0.25) is 0 Å². The van der Waals surface area contributed by atoms with Crippen LogP contribution in [0.1, 0.15) is 11.4 Å². The summed E-state index contributed by atoms with van der Waals surface area (Å²) < 4.78 is 52.3. The first-order chi connectivity index (χ1) is 13.9. The first-order valence-corrected chi connectivity index (χ1v) is 8.54. The minimum Gasteiger partial charge on any atom is -0.467 e. The van der Waals surface area contributed by atoms with E-state index < -0.39 is 6.36 Å². The average molecular weight is 401 g/mol. The Bertz CT molecular complexity index is 1140. The van der Waals surface area contributed by atoms with Crippen LogP contribution in [0.25, 0.3) is 22.1 Å². The summed E-state index contributed by atoms with van der Waals surface area (Å²) >= 11 is 0. The number of halogens is 3. The van der Waals surface area contributed by atoms with Gasteiger partial charge >= 0.3 is 6.36 Å². The lowest BCUT2D eigenvalue weighted by molar-refractivity contribution is -0.274. The maximum atomic E-state index is 12.5. The van der Waals surface area contributed by atoms with E-state index in [9.17, 15) is 13.2 Å². The molecule has 0 aliphatic rings. The van der Waals surface area contributed by atoms with Gasteiger partial charge in [0, 0.05) is 12.4 Å². The first-order valence-electron chi connectivity index (χ1n) is 8.54. The van der Waals surface area contributed by atoms with Crippen molar-refractivity contribution in [2.24, 2.45) is 0 Å². The number of nitrogens with zero attached hydrogens (tertiary/aromatic N) is 3. The third kappa shape index (κ3) is 4.29. The summed E-state index contributed by atoms with van der Waals surface area (Å²) in [6, 6.07) is 11.5. The van der Waals surface area contributed by atoms with Crippen LogP contribution >= 0.6 is 0 Å². The summed E-state index contributed by atoms with van der Waals surface area (Å²) in [5, 5.41) is 4.55. The van der Waals surface area contributed by atoms with Crippen LogP contribution in [0, 0.1) is 6.92 Å². The zero-order valence-electron chi connectivity index (χ0n) is 15.1. The molecule has 0 atom stereocenters. The maximum Gasteiger partial charge on any atom is 0.573 e. The molecule has 0 unspecified atom stereocenters. The van der Waals surface area contributed by atoms with E-state index in [-0.39, 0.29) is 18.2 Å². The summed E-state index contributed by atoms with van der Waals surface area (Å²) in [7, 11) is 0. The first kappa shape index (κ1) is 18.7. The second-order valence-corrected chi connectivity index (χ2v) is 6.18.